The molecule has 0 aromatic rings. The molecule has 2 saturated heterocycles. The molecule has 2 bridgehead atoms. The van der Waals surface area contributed by atoms with Crippen molar-refractivity contribution in [1.82, 2.24) is 4.31 Å². The molecule has 0 radical (unpaired) electrons. The van der Waals surface area contributed by atoms with Crippen LogP contribution in [0, 0.1) is 47.9 Å². The van der Waals surface area contributed by atoms with Crippen LogP contribution in [0.2, 0.25) is 0 Å². The third-order valence-corrected chi connectivity index (χ3v) is 4.61. The number of fused-ring (bicyclic) bond motifs is 2. The van der Waals surface area contributed by atoms with Crippen LogP contribution >= 0.6 is 0 Å². The summed E-state index contributed by atoms with van der Waals surface area (Å²) in [5.74, 6) is 17.0. The van der Waals surface area contributed by atoms with Crippen LogP contribution in [0.1, 0.15) is 26.2 Å². The molecule has 2 aliphatic rings. The van der Waals surface area contributed by atoms with E-state index in [1.165, 1.54) is 6.26 Å². The minimum absolute atomic E-state index is 0.0995. The highest BCUT2D eigenvalue weighted by Crippen LogP contribution is 2.29. The fourth-order valence-electron chi connectivity index (χ4n) is 2.53. The van der Waals surface area contributed by atoms with Crippen molar-refractivity contribution in [2.24, 2.45) is 0 Å². The summed E-state index contributed by atoms with van der Waals surface area (Å²) in [5.41, 5.74) is 0. The molecule has 0 aromatic carbocycles. The third-order valence-electron chi connectivity index (χ3n) is 3.25. The van der Waals surface area contributed by atoms with Crippen molar-refractivity contribution >= 4 is 10.0 Å². The standard InChI is InChI=1S/C9H4.C8H15NO3S/c1-3-5-7-9-8-6-4-2;1-13(10,11)9-7-3-2-4-8(9)6-12-5-7/h1H,2H3;7-8H,2-6H2,1H3. The van der Waals surface area contributed by atoms with Crippen LogP contribution in [0.3, 0.4) is 0 Å². The Morgan fingerprint density at radius 1 is 1.05 bits per heavy atom. The lowest BCUT2D eigenvalue weighted by atomic mass is 9.98. The van der Waals surface area contributed by atoms with Gasteiger partial charge in [-0.05, 0) is 55.3 Å². The lowest BCUT2D eigenvalue weighted by Crippen LogP contribution is -2.56. The molecular formula is C17H19NO3S. The zero-order valence-corrected chi connectivity index (χ0v) is 13.7. The van der Waals surface area contributed by atoms with E-state index in [0.717, 1.165) is 19.3 Å². The Kier molecular flexibility index (Phi) is 7.59. The highest BCUT2D eigenvalue weighted by atomic mass is 32.2. The molecule has 2 atom stereocenters. The molecular weight excluding hydrogens is 298 g/mol. The molecule has 0 aromatic heterocycles. The van der Waals surface area contributed by atoms with E-state index in [1.807, 2.05) is 0 Å². The van der Waals surface area contributed by atoms with Gasteiger partial charge in [-0.1, -0.05) is 12.3 Å². The van der Waals surface area contributed by atoms with Crippen molar-refractivity contribution in [3.63, 3.8) is 0 Å². The number of morpholine rings is 1. The van der Waals surface area contributed by atoms with Gasteiger partial charge < -0.3 is 4.74 Å². The van der Waals surface area contributed by atoms with E-state index >= 15 is 0 Å². The van der Waals surface area contributed by atoms with Crippen LogP contribution in [-0.4, -0.2) is 44.3 Å². The molecule has 0 aliphatic carbocycles. The summed E-state index contributed by atoms with van der Waals surface area (Å²) in [4.78, 5) is 0. The average Bonchev–Trinajstić information content (AvgIpc) is 2.46. The van der Waals surface area contributed by atoms with Gasteiger partial charge in [0.2, 0.25) is 10.0 Å². The van der Waals surface area contributed by atoms with E-state index in [4.69, 9.17) is 11.2 Å². The van der Waals surface area contributed by atoms with Crippen LogP contribution < -0.4 is 0 Å². The molecule has 2 fully saturated rings. The number of nitrogens with zero attached hydrogens (tertiary/aromatic N) is 1. The van der Waals surface area contributed by atoms with Gasteiger partial charge in [0, 0.05) is 12.1 Å². The molecule has 0 N–H and O–H groups in total. The molecule has 2 rings (SSSR count). The minimum Gasteiger partial charge on any atom is -0.378 e. The number of hydrogen-bond donors (Lipinski definition) is 0. The molecule has 2 aliphatic heterocycles. The van der Waals surface area contributed by atoms with E-state index in [-0.39, 0.29) is 12.1 Å². The highest BCUT2D eigenvalue weighted by Gasteiger charge is 2.39. The van der Waals surface area contributed by atoms with Crippen molar-refractivity contribution in [1.29, 1.82) is 0 Å². The van der Waals surface area contributed by atoms with Crippen LogP contribution in [0.25, 0.3) is 0 Å². The van der Waals surface area contributed by atoms with Gasteiger partial charge in [-0.2, -0.15) is 4.31 Å². The Morgan fingerprint density at radius 3 is 2.05 bits per heavy atom. The number of hydrogen-bond acceptors (Lipinski definition) is 3. The van der Waals surface area contributed by atoms with Crippen molar-refractivity contribution in [3.8, 4) is 47.9 Å². The third kappa shape index (κ3) is 5.85. The maximum absolute atomic E-state index is 11.5. The molecule has 5 heteroatoms. The van der Waals surface area contributed by atoms with E-state index in [0.29, 0.717) is 13.2 Å². The summed E-state index contributed by atoms with van der Waals surface area (Å²) < 4.78 is 29.9. The molecule has 4 nitrogen and oxygen atoms in total. The average molecular weight is 317 g/mol. The number of ether oxygens (including phenoxy) is 1. The molecule has 0 spiro atoms. The SMILES string of the molecule is C#CC#CC#CC#CC.CS(=O)(=O)N1C2CCCC1COC2. The number of rotatable bonds is 1. The van der Waals surface area contributed by atoms with Gasteiger partial charge in [-0.3, -0.25) is 0 Å². The van der Waals surface area contributed by atoms with Crippen LogP contribution in [0.5, 0.6) is 0 Å². The zero-order valence-electron chi connectivity index (χ0n) is 12.8. The highest BCUT2D eigenvalue weighted by molar-refractivity contribution is 7.88. The molecule has 22 heavy (non-hydrogen) atoms. The Morgan fingerprint density at radius 2 is 1.59 bits per heavy atom. The van der Waals surface area contributed by atoms with Crippen LogP contribution in [0.15, 0.2) is 0 Å². The summed E-state index contributed by atoms with van der Waals surface area (Å²) in [6.07, 6.45) is 9.14. The first-order valence-electron chi connectivity index (χ1n) is 6.94. The van der Waals surface area contributed by atoms with Crippen molar-refractivity contribution in [2.75, 3.05) is 19.5 Å². The van der Waals surface area contributed by atoms with E-state index < -0.39 is 10.0 Å². The molecule has 2 heterocycles. The number of terminal acetylenes is 1. The zero-order chi connectivity index (χ0) is 16.4. The van der Waals surface area contributed by atoms with Gasteiger partial charge >= 0.3 is 0 Å². The second-order valence-corrected chi connectivity index (χ2v) is 6.78. The predicted octanol–water partition coefficient (Wildman–Crippen LogP) is 0.849. The normalized spacial score (nSPS) is 22.8. The molecule has 2 unspecified atom stereocenters. The van der Waals surface area contributed by atoms with Crippen molar-refractivity contribution in [2.45, 2.75) is 38.3 Å². The van der Waals surface area contributed by atoms with Gasteiger partial charge in [-0.25, -0.2) is 8.42 Å². The quantitative estimate of drug-likeness (QED) is 0.674. The Hall–Kier alpha value is -1.89. The lowest BCUT2D eigenvalue weighted by Gasteiger charge is -2.43. The second kappa shape index (κ2) is 9.19. The van der Waals surface area contributed by atoms with Crippen LogP contribution in [0.4, 0.5) is 0 Å². The Balaban J connectivity index is 0.000000239. The molecule has 0 amide bonds. The Bertz CT molecular complexity index is 677. The lowest BCUT2D eigenvalue weighted by molar-refractivity contribution is -0.0294. The summed E-state index contributed by atoms with van der Waals surface area (Å²) in [7, 11) is -3.03. The predicted molar refractivity (Wildman–Crippen MR) is 86.8 cm³/mol. The number of sulfonamides is 1. The van der Waals surface area contributed by atoms with Gasteiger partial charge in [0.15, 0.2) is 0 Å². The first-order valence-corrected chi connectivity index (χ1v) is 8.79. The van der Waals surface area contributed by atoms with Gasteiger partial charge in [0.1, 0.15) is 0 Å². The fourth-order valence-corrected chi connectivity index (χ4v) is 3.95. The van der Waals surface area contributed by atoms with E-state index in [2.05, 4.69) is 41.4 Å². The molecule has 116 valence electrons. The molecule has 0 saturated carbocycles. The summed E-state index contributed by atoms with van der Waals surface area (Å²) in [6, 6.07) is 0.199. The monoisotopic (exact) mass is 317 g/mol. The smallest absolute Gasteiger partial charge is 0.211 e. The van der Waals surface area contributed by atoms with Gasteiger partial charge in [0.25, 0.3) is 0 Å². The topological polar surface area (TPSA) is 46.6 Å². The maximum Gasteiger partial charge on any atom is 0.211 e. The van der Waals surface area contributed by atoms with Crippen molar-refractivity contribution in [3.05, 3.63) is 0 Å². The largest absolute Gasteiger partial charge is 0.378 e. The van der Waals surface area contributed by atoms with Crippen molar-refractivity contribution < 1.29 is 13.2 Å². The first-order chi connectivity index (χ1) is 10.5. The number of piperidine rings is 1. The summed E-state index contributed by atoms with van der Waals surface area (Å²) in [5, 5.41) is 0. The maximum atomic E-state index is 11.5. The fraction of sp³-hybridized carbons (Fsp3) is 0.529. The Labute approximate surface area is 133 Å². The minimum atomic E-state index is -3.03. The summed E-state index contributed by atoms with van der Waals surface area (Å²) in [6.45, 7) is 2.86. The van der Waals surface area contributed by atoms with Gasteiger partial charge in [0.05, 0.1) is 19.5 Å². The summed E-state index contributed by atoms with van der Waals surface area (Å²) >= 11 is 0. The first kappa shape index (κ1) is 18.2. The van der Waals surface area contributed by atoms with Gasteiger partial charge in [-0.15, -0.1) is 6.42 Å². The van der Waals surface area contributed by atoms with E-state index in [9.17, 15) is 8.42 Å². The van der Waals surface area contributed by atoms with E-state index in [1.54, 1.807) is 11.2 Å². The second-order valence-electron chi connectivity index (χ2n) is 4.89. The van der Waals surface area contributed by atoms with Crippen LogP contribution in [-0.2, 0) is 14.8 Å².